The molecule has 0 aliphatic carbocycles. The number of nitrogens with one attached hydrogen (secondary N) is 1. The van der Waals surface area contributed by atoms with Crippen LogP contribution in [0.5, 0.6) is 0 Å². The van der Waals surface area contributed by atoms with Gasteiger partial charge < -0.3 is 10.2 Å². The second-order valence-electron chi connectivity index (χ2n) is 5.55. The van der Waals surface area contributed by atoms with Crippen LogP contribution in [0.1, 0.15) is 22.5 Å². The molecule has 0 aromatic carbocycles. The molecule has 0 aliphatic heterocycles. The van der Waals surface area contributed by atoms with E-state index in [-0.39, 0.29) is 24.0 Å². The van der Waals surface area contributed by atoms with Gasteiger partial charge in [-0.2, -0.15) is 10.2 Å². The second-order valence-corrected chi connectivity index (χ2v) is 5.55. The molecule has 0 fully saturated rings. The highest BCUT2D eigenvalue weighted by atomic mass is 127. The van der Waals surface area contributed by atoms with E-state index < -0.39 is 0 Å². The molecule has 0 aliphatic rings. The summed E-state index contributed by atoms with van der Waals surface area (Å²) >= 11 is 0. The van der Waals surface area contributed by atoms with Crippen LogP contribution >= 0.6 is 24.0 Å². The van der Waals surface area contributed by atoms with E-state index in [9.17, 15) is 0 Å². The lowest BCUT2D eigenvalue weighted by atomic mass is 10.2. The predicted molar refractivity (Wildman–Crippen MR) is 103 cm³/mol. The van der Waals surface area contributed by atoms with Crippen LogP contribution in [0.15, 0.2) is 17.4 Å². The molecule has 128 valence electrons. The summed E-state index contributed by atoms with van der Waals surface area (Å²) in [4.78, 5) is 6.43. The van der Waals surface area contributed by atoms with Crippen molar-refractivity contribution in [2.45, 2.75) is 26.9 Å². The van der Waals surface area contributed by atoms with Gasteiger partial charge in [0.1, 0.15) is 0 Å². The minimum atomic E-state index is 0. The molecule has 0 amide bonds. The number of aliphatic imine (C=N–C) groups is 1. The summed E-state index contributed by atoms with van der Waals surface area (Å²) in [7, 11) is 7.70. The van der Waals surface area contributed by atoms with Crippen molar-refractivity contribution in [3.63, 3.8) is 0 Å². The van der Waals surface area contributed by atoms with Crippen LogP contribution in [0.4, 0.5) is 0 Å². The molecule has 2 aromatic rings. The van der Waals surface area contributed by atoms with Gasteiger partial charge in [-0.25, -0.2) is 0 Å². The van der Waals surface area contributed by atoms with E-state index in [0.29, 0.717) is 0 Å². The van der Waals surface area contributed by atoms with E-state index in [2.05, 4.69) is 32.3 Å². The summed E-state index contributed by atoms with van der Waals surface area (Å²) in [6, 6.07) is 0. The highest BCUT2D eigenvalue weighted by molar-refractivity contribution is 14.0. The molecular weight excluding hydrogens is 405 g/mol. The lowest BCUT2D eigenvalue weighted by Crippen LogP contribution is -2.38. The van der Waals surface area contributed by atoms with Crippen LogP contribution in [0, 0.1) is 13.8 Å². The summed E-state index contributed by atoms with van der Waals surface area (Å²) in [5.41, 5.74) is 4.60. The first kappa shape index (κ1) is 19.5. The SMILES string of the molecule is CN=C(NCc1c(C)nn(C)c1C)N(C)Cc1cnn(C)c1.I. The number of halogens is 1. The van der Waals surface area contributed by atoms with Crippen molar-refractivity contribution in [2.75, 3.05) is 14.1 Å². The molecular formula is C15H26IN7. The molecule has 0 unspecified atom stereocenters. The molecule has 0 saturated heterocycles. The van der Waals surface area contributed by atoms with Crippen molar-refractivity contribution in [3.05, 3.63) is 34.9 Å². The molecule has 2 heterocycles. The molecule has 0 spiro atoms. The Bertz CT molecular complexity index is 671. The third-order valence-corrected chi connectivity index (χ3v) is 3.83. The first-order chi connectivity index (χ1) is 10.4. The second kappa shape index (κ2) is 8.32. The van der Waals surface area contributed by atoms with Gasteiger partial charge in [0.25, 0.3) is 0 Å². The number of guanidine groups is 1. The van der Waals surface area contributed by atoms with E-state index >= 15 is 0 Å². The van der Waals surface area contributed by atoms with Gasteiger partial charge in [-0.3, -0.25) is 14.4 Å². The first-order valence-corrected chi connectivity index (χ1v) is 7.30. The number of hydrogen-bond acceptors (Lipinski definition) is 3. The maximum absolute atomic E-state index is 4.44. The largest absolute Gasteiger partial charge is 0.352 e. The minimum absolute atomic E-state index is 0. The Morgan fingerprint density at radius 3 is 2.52 bits per heavy atom. The lowest BCUT2D eigenvalue weighted by molar-refractivity contribution is 0.476. The Kier molecular flexibility index (Phi) is 7.04. The van der Waals surface area contributed by atoms with Crippen molar-refractivity contribution < 1.29 is 0 Å². The van der Waals surface area contributed by atoms with Crippen LogP contribution in [-0.4, -0.2) is 44.5 Å². The Morgan fingerprint density at radius 2 is 2.04 bits per heavy atom. The summed E-state index contributed by atoms with van der Waals surface area (Å²) in [5, 5.41) is 12.0. The third kappa shape index (κ3) is 4.69. The topological polar surface area (TPSA) is 63.3 Å². The molecule has 8 heteroatoms. The highest BCUT2D eigenvalue weighted by Crippen LogP contribution is 2.11. The zero-order valence-electron chi connectivity index (χ0n) is 14.7. The predicted octanol–water partition coefficient (Wildman–Crippen LogP) is 1.60. The van der Waals surface area contributed by atoms with Crippen LogP contribution in [-0.2, 0) is 27.2 Å². The molecule has 2 aromatic heterocycles. The zero-order chi connectivity index (χ0) is 16.3. The Balaban J connectivity index is 0.00000264. The standard InChI is InChI=1S/C15H25N7.HI/c1-11-14(12(2)22(6)19-11)8-17-15(16-3)20(4)9-13-7-18-21(5)10-13;/h7,10H,8-9H2,1-6H3,(H,16,17);1H. The molecule has 7 nitrogen and oxygen atoms in total. The third-order valence-electron chi connectivity index (χ3n) is 3.83. The Labute approximate surface area is 154 Å². The van der Waals surface area contributed by atoms with E-state index in [4.69, 9.17) is 0 Å². The lowest BCUT2D eigenvalue weighted by Gasteiger charge is -2.21. The summed E-state index contributed by atoms with van der Waals surface area (Å²) in [6.45, 7) is 5.60. The van der Waals surface area contributed by atoms with Gasteiger partial charge in [0.2, 0.25) is 0 Å². The van der Waals surface area contributed by atoms with E-state index in [1.54, 1.807) is 7.05 Å². The van der Waals surface area contributed by atoms with Crippen LogP contribution in [0.25, 0.3) is 0 Å². The number of hydrogen-bond donors (Lipinski definition) is 1. The van der Waals surface area contributed by atoms with Gasteiger partial charge >= 0.3 is 0 Å². The molecule has 0 atom stereocenters. The quantitative estimate of drug-likeness (QED) is 0.454. The van der Waals surface area contributed by atoms with E-state index in [0.717, 1.165) is 30.3 Å². The maximum atomic E-state index is 4.44. The van der Waals surface area contributed by atoms with Gasteiger partial charge in [-0.05, 0) is 13.8 Å². The van der Waals surface area contributed by atoms with Crippen LogP contribution in [0.3, 0.4) is 0 Å². The van der Waals surface area contributed by atoms with Crippen LogP contribution in [0.2, 0.25) is 0 Å². The normalized spacial score (nSPS) is 11.3. The fourth-order valence-corrected chi connectivity index (χ4v) is 2.53. The maximum Gasteiger partial charge on any atom is 0.193 e. The Hall–Kier alpha value is -1.58. The molecule has 1 N–H and O–H groups in total. The monoisotopic (exact) mass is 431 g/mol. The van der Waals surface area contributed by atoms with Crippen molar-refractivity contribution in [1.29, 1.82) is 0 Å². The van der Waals surface area contributed by atoms with Crippen molar-refractivity contribution in [2.24, 2.45) is 19.1 Å². The molecule has 0 bridgehead atoms. The van der Waals surface area contributed by atoms with Crippen molar-refractivity contribution in [1.82, 2.24) is 29.8 Å². The molecule has 23 heavy (non-hydrogen) atoms. The molecule has 2 rings (SSSR count). The average molecular weight is 431 g/mol. The average Bonchev–Trinajstić information content (AvgIpc) is 2.97. The van der Waals surface area contributed by atoms with Gasteiger partial charge in [0.05, 0.1) is 11.9 Å². The van der Waals surface area contributed by atoms with Gasteiger partial charge in [0.15, 0.2) is 5.96 Å². The zero-order valence-corrected chi connectivity index (χ0v) is 17.0. The summed E-state index contributed by atoms with van der Waals surface area (Å²) in [5.74, 6) is 0.853. The van der Waals surface area contributed by atoms with Crippen molar-refractivity contribution in [3.8, 4) is 0 Å². The van der Waals surface area contributed by atoms with Gasteiger partial charge in [0, 0.05) is 64.3 Å². The Morgan fingerprint density at radius 1 is 1.35 bits per heavy atom. The van der Waals surface area contributed by atoms with E-state index in [1.165, 1.54) is 11.3 Å². The smallest absolute Gasteiger partial charge is 0.193 e. The fraction of sp³-hybridized carbons (Fsp3) is 0.533. The number of aryl methyl sites for hydroxylation is 3. The number of rotatable bonds is 4. The molecule has 0 radical (unpaired) electrons. The van der Waals surface area contributed by atoms with E-state index in [1.807, 2.05) is 49.8 Å². The number of aromatic nitrogens is 4. The van der Waals surface area contributed by atoms with Gasteiger partial charge in [-0.15, -0.1) is 24.0 Å². The minimum Gasteiger partial charge on any atom is -0.352 e. The molecule has 0 saturated carbocycles. The fourth-order valence-electron chi connectivity index (χ4n) is 2.53. The first-order valence-electron chi connectivity index (χ1n) is 7.30. The van der Waals surface area contributed by atoms with Crippen LogP contribution < -0.4 is 5.32 Å². The highest BCUT2D eigenvalue weighted by Gasteiger charge is 2.12. The summed E-state index contributed by atoms with van der Waals surface area (Å²) < 4.78 is 3.72. The summed E-state index contributed by atoms with van der Waals surface area (Å²) in [6.07, 6.45) is 3.89. The van der Waals surface area contributed by atoms with Crippen molar-refractivity contribution >= 4 is 29.9 Å². The number of nitrogens with zero attached hydrogens (tertiary/aromatic N) is 6. The van der Waals surface area contributed by atoms with Gasteiger partial charge in [-0.1, -0.05) is 0 Å².